The first kappa shape index (κ1) is 20.3. The molecule has 1 heterocycles. The van der Waals surface area contributed by atoms with Crippen LogP contribution in [0.1, 0.15) is 18.1 Å². The van der Waals surface area contributed by atoms with E-state index in [1.54, 1.807) is 6.92 Å². The Kier molecular flexibility index (Phi) is 5.80. The van der Waals surface area contributed by atoms with Gasteiger partial charge >= 0.3 is 18.2 Å². The van der Waals surface area contributed by atoms with Gasteiger partial charge in [0.05, 0.1) is 22.9 Å². The van der Waals surface area contributed by atoms with Crippen molar-refractivity contribution in [3.8, 4) is 6.07 Å². The van der Waals surface area contributed by atoms with Crippen molar-refractivity contribution in [3.05, 3.63) is 29.3 Å². The van der Waals surface area contributed by atoms with Crippen molar-refractivity contribution in [1.29, 1.82) is 5.26 Å². The minimum absolute atomic E-state index is 0.106. The van der Waals surface area contributed by atoms with Crippen molar-refractivity contribution in [1.82, 2.24) is 9.91 Å². The summed E-state index contributed by atoms with van der Waals surface area (Å²) in [6, 6.07) is 3.40. The zero-order valence-electron chi connectivity index (χ0n) is 14.3. The number of piperazine rings is 1. The van der Waals surface area contributed by atoms with Gasteiger partial charge in [0.2, 0.25) is 0 Å². The Balaban J connectivity index is 2.36. The van der Waals surface area contributed by atoms with Crippen LogP contribution in [0.15, 0.2) is 18.2 Å². The summed E-state index contributed by atoms with van der Waals surface area (Å²) in [7, 11) is 0. The first-order valence-corrected chi connectivity index (χ1v) is 7.96. The Morgan fingerprint density at radius 1 is 1.33 bits per heavy atom. The largest absolute Gasteiger partial charge is 0.480 e. The maximum Gasteiger partial charge on any atom is 0.417 e. The normalized spacial score (nSPS) is 18.0. The Bertz CT molecular complexity index is 778. The van der Waals surface area contributed by atoms with E-state index in [0.717, 1.165) is 17.0 Å². The lowest BCUT2D eigenvalue weighted by Gasteiger charge is -2.43. The van der Waals surface area contributed by atoms with E-state index in [1.807, 2.05) is 0 Å². The molecule has 1 aromatic rings. The topological polar surface area (TPSA) is 108 Å². The molecule has 0 saturated carbocycles. The highest BCUT2D eigenvalue weighted by Crippen LogP contribution is 2.35. The van der Waals surface area contributed by atoms with Crippen molar-refractivity contribution < 1.29 is 33.0 Å². The number of nitriles is 1. The molecule has 1 unspecified atom stereocenters. The number of hydrazine groups is 1. The minimum Gasteiger partial charge on any atom is -0.480 e. The van der Waals surface area contributed by atoms with Crippen LogP contribution in [-0.2, 0) is 11.0 Å². The lowest BCUT2D eigenvalue weighted by atomic mass is 10.1. The summed E-state index contributed by atoms with van der Waals surface area (Å²) in [4.78, 5) is 23.4. The van der Waals surface area contributed by atoms with Crippen molar-refractivity contribution >= 4 is 17.7 Å². The van der Waals surface area contributed by atoms with Crippen LogP contribution in [0.4, 0.5) is 23.7 Å². The molecule has 0 bridgehead atoms. The molecule has 11 heteroatoms. The van der Waals surface area contributed by atoms with Gasteiger partial charge in [-0.2, -0.15) is 18.4 Å². The van der Waals surface area contributed by atoms with Crippen molar-refractivity contribution in [2.24, 2.45) is 0 Å². The predicted molar refractivity (Wildman–Crippen MR) is 86.9 cm³/mol. The van der Waals surface area contributed by atoms with Gasteiger partial charge in [0, 0.05) is 26.2 Å². The second-order valence-electron chi connectivity index (χ2n) is 5.80. The number of nitrogens with zero attached hydrogens (tertiary/aromatic N) is 4. The van der Waals surface area contributed by atoms with E-state index in [0.29, 0.717) is 0 Å². The summed E-state index contributed by atoms with van der Waals surface area (Å²) in [5.74, 6) is -1.34. The lowest BCUT2D eigenvalue weighted by molar-refractivity contribution is -0.145. The number of carbonyl (C=O) groups is 2. The van der Waals surface area contributed by atoms with Gasteiger partial charge in [-0.15, -0.1) is 0 Å². The van der Waals surface area contributed by atoms with Gasteiger partial charge in [-0.1, -0.05) is 0 Å². The maximum atomic E-state index is 13.2. The van der Waals surface area contributed by atoms with Gasteiger partial charge < -0.3 is 15.2 Å². The molecule has 1 aromatic carbocycles. The molecule has 1 atom stereocenters. The number of anilines is 1. The highest BCUT2D eigenvalue weighted by atomic mass is 19.4. The van der Waals surface area contributed by atoms with Gasteiger partial charge in [0.1, 0.15) is 6.04 Å². The number of carboxylic acids is 1. The number of aliphatic carboxylic acids is 1. The van der Waals surface area contributed by atoms with Crippen molar-refractivity contribution in [2.75, 3.05) is 31.2 Å². The summed E-state index contributed by atoms with van der Waals surface area (Å²) in [6.07, 6.45) is -6.09. The van der Waals surface area contributed by atoms with Crippen LogP contribution in [0, 0.1) is 11.3 Å². The fourth-order valence-corrected chi connectivity index (χ4v) is 3.00. The highest BCUT2D eigenvalue weighted by Gasteiger charge is 2.38. The smallest absolute Gasteiger partial charge is 0.417 e. The Hall–Kier alpha value is -3.00. The number of carboxylic acid groups (broad SMARTS) is 2. The number of halogens is 3. The number of rotatable bonds is 4. The zero-order valence-corrected chi connectivity index (χ0v) is 14.3. The summed E-state index contributed by atoms with van der Waals surface area (Å²) in [6.45, 7) is 1.70. The Morgan fingerprint density at radius 3 is 2.48 bits per heavy atom. The third kappa shape index (κ3) is 4.22. The van der Waals surface area contributed by atoms with Crippen LogP contribution in [0.5, 0.6) is 0 Å². The number of alkyl halides is 3. The van der Waals surface area contributed by atoms with Gasteiger partial charge in [-0.3, -0.25) is 4.90 Å². The van der Waals surface area contributed by atoms with E-state index in [-0.39, 0.29) is 31.9 Å². The average molecular weight is 386 g/mol. The van der Waals surface area contributed by atoms with Crippen molar-refractivity contribution in [3.63, 3.8) is 0 Å². The molecule has 8 nitrogen and oxygen atoms in total. The van der Waals surface area contributed by atoms with Crippen molar-refractivity contribution in [2.45, 2.75) is 19.1 Å². The molecule has 2 N–H and O–H groups in total. The van der Waals surface area contributed by atoms with E-state index in [4.69, 9.17) is 10.4 Å². The third-order valence-corrected chi connectivity index (χ3v) is 4.26. The van der Waals surface area contributed by atoms with Crippen LogP contribution in [0.25, 0.3) is 0 Å². The summed E-state index contributed by atoms with van der Waals surface area (Å²) in [5, 5.41) is 30.2. The first-order chi connectivity index (χ1) is 12.6. The van der Waals surface area contributed by atoms with Gasteiger partial charge in [-0.05, 0) is 25.1 Å². The molecule has 0 radical (unpaired) electrons. The lowest BCUT2D eigenvalue weighted by Crippen LogP contribution is -2.62. The van der Waals surface area contributed by atoms with E-state index >= 15 is 0 Å². The molecule has 1 aliphatic heterocycles. The van der Waals surface area contributed by atoms with Crippen LogP contribution in [0.3, 0.4) is 0 Å². The average Bonchev–Trinajstić information content (AvgIpc) is 2.61. The van der Waals surface area contributed by atoms with Crippen LogP contribution >= 0.6 is 0 Å². The Morgan fingerprint density at radius 2 is 2.00 bits per heavy atom. The number of benzene rings is 1. The number of hydrogen-bond acceptors (Lipinski definition) is 5. The van der Waals surface area contributed by atoms with Crippen LogP contribution < -0.4 is 5.01 Å². The highest BCUT2D eigenvalue weighted by molar-refractivity contribution is 5.80. The van der Waals surface area contributed by atoms with Gasteiger partial charge in [0.15, 0.2) is 0 Å². The van der Waals surface area contributed by atoms with E-state index in [9.17, 15) is 27.9 Å². The van der Waals surface area contributed by atoms with Crippen LogP contribution in [0.2, 0.25) is 0 Å². The SMILES string of the molecule is CCN(c1ccc(C#N)c(C(F)(F)F)c1)N1CCN(C(=O)O)C(C(=O)O)C1. The van der Waals surface area contributed by atoms with Gasteiger partial charge in [0.25, 0.3) is 0 Å². The third-order valence-electron chi connectivity index (χ3n) is 4.26. The molecule has 146 valence electrons. The molecule has 0 aliphatic carbocycles. The number of hydrogen-bond donors (Lipinski definition) is 2. The predicted octanol–water partition coefficient (Wildman–Crippen LogP) is 2.07. The standard InChI is InChI=1S/C16H17F3N4O4/c1-2-23(11-4-3-10(8-20)12(7-11)16(17,18)19)21-5-6-22(15(26)27)13(9-21)14(24)25/h3-4,7,13H,2,5-6,9H2,1H3,(H,24,25)(H,26,27). The summed E-state index contributed by atoms with van der Waals surface area (Å²) in [5.41, 5.74) is -1.46. The second-order valence-corrected chi connectivity index (χ2v) is 5.80. The number of amides is 1. The molecular formula is C16H17F3N4O4. The molecule has 0 spiro atoms. The maximum absolute atomic E-state index is 13.2. The molecular weight excluding hydrogens is 369 g/mol. The molecule has 0 aromatic heterocycles. The first-order valence-electron chi connectivity index (χ1n) is 7.96. The van der Waals surface area contributed by atoms with E-state index < -0.39 is 35.4 Å². The molecule has 27 heavy (non-hydrogen) atoms. The van der Waals surface area contributed by atoms with Gasteiger partial charge in [-0.25, -0.2) is 14.6 Å². The minimum atomic E-state index is -4.72. The van der Waals surface area contributed by atoms with Crippen LogP contribution in [-0.4, -0.2) is 64.4 Å². The molecule has 2 rings (SSSR count). The monoisotopic (exact) mass is 386 g/mol. The Labute approximate surface area is 152 Å². The quantitative estimate of drug-likeness (QED) is 0.815. The molecule has 1 fully saturated rings. The fraction of sp³-hybridized carbons (Fsp3) is 0.438. The van der Waals surface area contributed by atoms with E-state index in [2.05, 4.69) is 0 Å². The molecule has 1 aliphatic rings. The zero-order chi connectivity index (χ0) is 20.4. The fourth-order valence-electron chi connectivity index (χ4n) is 3.00. The second kappa shape index (κ2) is 7.71. The molecule has 1 amide bonds. The van der Waals surface area contributed by atoms with E-state index in [1.165, 1.54) is 22.2 Å². The summed E-state index contributed by atoms with van der Waals surface area (Å²) < 4.78 is 39.6. The summed E-state index contributed by atoms with van der Waals surface area (Å²) >= 11 is 0. The molecule has 1 saturated heterocycles.